The molecule has 0 atom stereocenters. The van der Waals surface area contributed by atoms with Crippen LogP contribution in [0, 0.1) is 0 Å². The lowest BCUT2D eigenvalue weighted by Crippen LogP contribution is -1.96. The zero-order chi connectivity index (χ0) is 31.6. The van der Waals surface area contributed by atoms with Crippen LogP contribution in [0.2, 0.25) is 0 Å². The highest BCUT2D eigenvalue weighted by molar-refractivity contribution is 6.09. The van der Waals surface area contributed by atoms with Crippen molar-refractivity contribution in [3.8, 4) is 39.5 Å². The summed E-state index contributed by atoms with van der Waals surface area (Å²) >= 11 is 0. The Morgan fingerprint density at radius 3 is 2.29 bits per heavy atom. The normalized spacial score (nSPS) is 11.8. The minimum Gasteiger partial charge on any atom is -0.454 e. The maximum atomic E-state index is 6.30. The third-order valence-corrected chi connectivity index (χ3v) is 8.98. The molecule has 0 unspecified atom stereocenters. The number of nitrogens with zero attached hydrogens (tertiary/aromatic N) is 6. The highest BCUT2D eigenvalue weighted by atomic mass is 16.3. The van der Waals surface area contributed by atoms with Crippen molar-refractivity contribution < 1.29 is 4.42 Å². The lowest BCUT2D eigenvalue weighted by Gasteiger charge is -2.11. The highest BCUT2D eigenvalue weighted by Gasteiger charge is 2.18. The average molecular weight is 617 g/mol. The number of para-hydroxylation sites is 3. The minimum atomic E-state index is 0.635. The van der Waals surface area contributed by atoms with Crippen LogP contribution < -0.4 is 0 Å². The van der Waals surface area contributed by atoms with Crippen molar-refractivity contribution in [2.75, 3.05) is 0 Å². The van der Waals surface area contributed by atoms with Gasteiger partial charge in [0.2, 0.25) is 0 Å². The smallest absolute Gasteiger partial charge is 0.161 e. The van der Waals surface area contributed by atoms with Gasteiger partial charge in [0.1, 0.15) is 11.1 Å². The zero-order valence-corrected chi connectivity index (χ0v) is 25.4. The second kappa shape index (κ2) is 10.4. The quantitative estimate of drug-likeness (QED) is 0.196. The summed E-state index contributed by atoms with van der Waals surface area (Å²) in [5, 5.41) is 2.98. The van der Waals surface area contributed by atoms with E-state index in [1.807, 2.05) is 85.5 Å². The summed E-state index contributed by atoms with van der Waals surface area (Å²) < 4.78 is 8.56. The van der Waals surface area contributed by atoms with Gasteiger partial charge in [-0.15, -0.1) is 0 Å². The van der Waals surface area contributed by atoms with Gasteiger partial charge in [0.05, 0.1) is 27.8 Å². The first-order valence-electron chi connectivity index (χ1n) is 15.7. The van der Waals surface area contributed by atoms with E-state index in [2.05, 4.69) is 75.2 Å². The first-order valence-corrected chi connectivity index (χ1v) is 15.7. The SMILES string of the molecule is c1ccc(-n2c3ccc(-c4nc(-c5cncc(-c6ccnc7c6oc6ccccc67)c5)c5ccccc5n4)cc3c3ncccc32)cc1. The summed E-state index contributed by atoms with van der Waals surface area (Å²) in [6, 6.07) is 41.1. The molecular weight excluding hydrogens is 592 g/mol. The van der Waals surface area contributed by atoms with Gasteiger partial charge in [0.25, 0.3) is 0 Å². The molecule has 0 saturated carbocycles. The monoisotopic (exact) mass is 616 g/mol. The van der Waals surface area contributed by atoms with Crippen LogP contribution in [0.15, 0.2) is 151 Å². The molecule has 0 amide bonds. The van der Waals surface area contributed by atoms with Gasteiger partial charge < -0.3 is 8.98 Å². The van der Waals surface area contributed by atoms with Gasteiger partial charge in [-0.2, -0.15) is 0 Å². The average Bonchev–Trinajstić information content (AvgIpc) is 3.70. The predicted octanol–water partition coefficient (Wildman–Crippen LogP) is 9.81. The number of aromatic nitrogens is 6. The Balaban J connectivity index is 1.15. The Hall–Kier alpha value is -6.73. The molecule has 6 aromatic heterocycles. The maximum Gasteiger partial charge on any atom is 0.161 e. The van der Waals surface area contributed by atoms with E-state index >= 15 is 0 Å². The maximum absolute atomic E-state index is 6.30. The van der Waals surface area contributed by atoms with Crippen LogP contribution in [0.1, 0.15) is 0 Å². The van der Waals surface area contributed by atoms with Gasteiger partial charge in [-0.25, -0.2) is 9.97 Å². The van der Waals surface area contributed by atoms with E-state index in [0.717, 1.165) is 88.5 Å². The summed E-state index contributed by atoms with van der Waals surface area (Å²) in [6.45, 7) is 0. The number of fused-ring (bicyclic) bond motifs is 7. The molecule has 0 aliphatic carbocycles. The summed E-state index contributed by atoms with van der Waals surface area (Å²) in [7, 11) is 0. The second-order valence-electron chi connectivity index (χ2n) is 11.8. The van der Waals surface area contributed by atoms with E-state index in [4.69, 9.17) is 19.4 Å². The summed E-state index contributed by atoms with van der Waals surface area (Å²) in [5.41, 5.74) is 11.8. The molecule has 0 aliphatic heterocycles. The Bertz CT molecular complexity index is 2850. The molecule has 0 saturated heterocycles. The largest absolute Gasteiger partial charge is 0.454 e. The van der Waals surface area contributed by atoms with Crippen molar-refractivity contribution in [3.05, 3.63) is 146 Å². The molecule has 0 aliphatic rings. The molecular formula is C41H24N6O. The van der Waals surface area contributed by atoms with Gasteiger partial charge in [-0.1, -0.05) is 48.5 Å². The van der Waals surface area contributed by atoms with Crippen molar-refractivity contribution in [1.82, 2.24) is 29.5 Å². The van der Waals surface area contributed by atoms with Crippen LogP contribution >= 0.6 is 0 Å². The molecule has 0 fully saturated rings. The van der Waals surface area contributed by atoms with Crippen LogP contribution in [0.4, 0.5) is 0 Å². The van der Waals surface area contributed by atoms with Gasteiger partial charge >= 0.3 is 0 Å². The van der Waals surface area contributed by atoms with E-state index in [-0.39, 0.29) is 0 Å². The fourth-order valence-electron chi connectivity index (χ4n) is 6.80. The third kappa shape index (κ3) is 4.04. The van der Waals surface area contributed by atoms with E-state index < -0.39 is 0 Å². The van der Waals surface area contributed by atoms with Gasteiger partial charge in [-0.3, -0.25) is 15.0 Å². The summed E-state index contributed by atoms with van der Waals surface area (Å²) in [6.07, 6.45) is 7.39. The molecule has 0 radical (unpaired) electrons. The summed E-state index contributed by atoms with van der Waals surface area (Å²) in [4.78, 5) is 24.4. The van der Waals surface area contributed by atoms with Crippen LogP contribution in [0.5, 0.6) is 0 Å². The molecule has 224 valence electrons. The first-order chi connectivity index (χ1) is 23.8. The van der Waals surface area contributed by atoms with Crippen molar-refractivity contribution >= 4 is 54.9 Å². The van der Waals surface area contributed by atoms with Crippen molar-refractivity contribution in [2.45, 2.75) is 0 Å². The van der Waals surface area contributed by atoms with Crippen LogP contribution in [0.25, 0.3) is 94.4 Å². The Labute approximate surface area is 273 Å². The van der Waals surface area contributed by atoms with Gasteiger partial charge in [0, 0.05) is 68.9 Å². The Morgan fingerprint density at radius 2 is 1.35 bits per heavy atom. The van der Waals surface area contributed by atoms with Crippen molar-refractivity contribution in [2.24, 2.45) is 0 Å². The molecule has 0 bridgehead atoms. The summed E-state index contributed by atoms with van der Waals surface area (Å²) in [5.74, 6) is 0.635. The molecule has 4 aromatic carbocycles. The molecule has 7 heteroatoms. The Morgan fingerprint density at radius 1 is 0.542 bits per heavy atom. The molecule has 48 heavy (non-hydrogen) atoms. The standard InChI is InChI=1S/C41H24N6O/c1-2-9-28(10-3-1)47-34-17-16-25(22-32(34)38-35(47)14-8-19-43-38)41-45-33-13-6-4-11-30(33)37(46-41)27-21-26(23-42-24-27)29-18-20-44-39-31-12-5-7-15-36(31)48-40(29)39/h1-24H. The van der Waals surface area contributed by atoms with E-state index in [1.54, 1.807) is 0 Å². The number of hydrogen-bond donors (Lipinski definition) is 0. The van der Waals surface area contributed by atoms with E-state index in [0.29, 0.717) is 5.82 Å². The Kier molecular flexibility index (Phi) is 5.74. The van der Waals surface area contributed by atoms with Crippen LogP contribution in [-0.2, 0) is 0 Å². The van der Waals surface area contributed by atoms with Crippen molar-refractivity contribution in [3.63, 3.8) is 0 Å². The number of rotatable bonds is 4. The number of hydrogen-bond acceptors (Lipinski definition) is 6. The lowest BCUT2D eigenvalue weighted by molar-refractivity contribution is 0.669. The number of benzene rings is 4. The van der Waals surface area contributed by atoms with Crippen LogP contribution in [-0.4, -0.2) is 29.5 Å². The zero-order valence-electron chi connectivity index (χ0n) is 25.4. The van der Waals surface area contributed by atoms with Crippen molar-refractivity contribution in [1.29, 1.82) is 0 Å². The molecule has 10 rings (SSSR count). The van der Waals surface area contributed by atoms with Gasteiger partial charge in [0.15, 0.2) is 11.4 Å². The number of pyridine rings is 3. The lowest BCUT2D eigenvalue weighted by atomic mass is 10.0. The molecule has 6 heterocycles. The predicted molar refractivity (Wildman–Crippen MR) is 191 cm³/mol. The number of furan rings is 1. The van der Waals surface area contributed by atoms with Gasteiger partial charge in [-0.05, 0) is 72.8 Å². The van der Waals surface area contributed by atoms with E-state index in [1.165, 1.54) is 0 Å². The first kappa shape index (κ1) is 26.5. The molecule has 0 N–H and O–H groups in total. The molecule has 10 aromatic rings. The van der Waals surface area contributed by atoms with E-state index in [9.17, 15) is 0 Å². The fourth-order valence-corrected chi connectivity index (χ4v) is 6.80. The minimum absolute atomic E-state index is 0.635. The topological polar surface area (TPSA) is 82.5 Å². The highest BCUT2D eigenvalue weighted by Crippen LogP contribution is 2.38. The van der Waals surface area contributed by atoms with Crippen LogP contribution in [0.3, 0.4) is 0 Å². The molecule has 7 nitrogen and oxygen atoms in total. The fraction of sp³-hybridized carbons (Fsp3) is 0. The second-order valence-corrected chi connectivity index (χ2v) is 11.8. The molecule has 0 spiro atoms. The third-order valence-electron chi connectivity index (χ3n) is 8.98.